The summed E-state index contributed by atoms with van der Waals surface area (Å²) in [6.07, 6.45) is 0. The zero-order valence-electron chi connectivity index (χ0n) is 13.7. The summed E-state index contributed by atoms with van der Waals surface area (Å²) in [5.41, 5.74) is 2.30. The first-order valence-corrected chi connectivity index (χ1v) is 7.70. The number of hydrogen-bond donors (Lipinski definition) is 2. The van der Waals surface area contributed by atoms with Gasteiger partial charge in [-0.2, -0.15) is 0 Å². The molecular weight excluding hydrogens is 288 g/mol. The van der Waals surface area contributed by atoms with Gasteiger partial charge in [-0.15, -0.1) is 0 Å². The topological polar surface area (TPSA) is 58.2 Å². The lowest BCUT2D eigenvalue weighted by molar-refractivity contribution is -0.123. The molecule has 1 atom stereocenters. The van der Waals surface area contributed by atoms with Crippen LogP contribution in [0, 0.1) is 6.92 Å². The Balaban J connectivity index is 2.24. The molecule has 0 aliphatic rings. The summed E-state index contributed by atoms with van der Waals surface area (Å²) in [5.74, 6) is -0.478. The van der Waals surface area contributed by atoms with E-state index in [-0.39, 0.29) is 17.9 Å². The standard InChI is InChI=1S/C19H22N2O2/c1-13(2)20-19(23)17(15-9-5-4-6-10-15)21-18(22)16-11-7-8-14(3)12-16/h4-13,17H,1-3H3,(H,20,23)(H,21,22)/t17-/m0/s1. The Morgan fingerprint density at radius 3 is 2.22 bits per heavy atom. The molecule has 2 N–H and O–H groups in total. The Hall–Kier alpha value is -2.62. The van der Waals surface area contributed by atoms with E-state index in [0.717, 1.165) is 11.1 Å². The summed E-state index contributed by atoms with van der Waals surface area (Å²) in [4.78, 5) is 24.9. The van der Waals surface area contributed by atoms with Gasteiger partial charge in [0.1, 0.15) is 6.04 Å². The Bertz CT molecular complexity index is 681. The Morgan fingerprint density at radius 1 is 0.913 bits per heavy atom. The van der Waals surface area contributed by atoms with Crippen molar-refractivity contribution < 1.29 is 9.59 Å². The fraction of sp³-hybridized carbons (Fsp3) is 0.263. The van der Waals surface area contributed by atoms with Crippen LogP contribution in [-0.4, -0.2) is 17.9 Å². The van der Waals surface area contributed by atoms with E-state index in [1.165, 1.54) is 0 Å². The van der Waals surface area contributed by atoms with E-state index < -0.39 is 6.04 Å². The maximum Gasteiger partial charge on any atom is 0.252 e. The Morgan fingerprint density at radius 2 is 1.61 bits per heavy atom. The molecule has 0 unspecified atom stereocenters. The highest BCUT2D eigenvalue weighted by atomic mass is 16.2. The minimum Gasteiger partial charge on any atom is -0.352 e. The van der Waals surface area contributed by atoms with Gasteiger partial charge in [0, 0.05) is 11.6 Å². The summed E-state index contributed by atoms with van der Waals surface area (Å²) in [6, 6.07) is 15.8. The minimum absolute atomic E-state index is 0.00424. The predicted molar refractivity (Wildman–Crippen MR) is 91.1 cm³/mol. The fourth-order valence-corrected chi connectivity index (χ4v) is 2.31. The van der Waals surface area contributed by atoms with Crippen molar-refractivity contribution in [2.45, 2.75) is 32.9 Å². The zero-order valence-corrected chi connectivity index (χ0v) is 13.7. The molecule has 4 heteroatoms. The number of amides is 2. The predicted octanol–water partition coefficient (Wildman–Crippen LogP) is 2.99. The van der Waals surface area contributed by atoms with Crippen LogP contribution in [0.3, 0.4) is 0 Å². The third-order valence-electron chi connectivity index (χ3n) is 3.38. The van der Waals surface area contributed by atoms with E-state index in [2.05, 4.69) is 10.6 Å². The number of nitrogens with one attached hydrogen (secondary N) is 2. The maximum absolute atomic E-state index is 12.5. The van der Waals surface area contributed by atoms with Crippen LogP contribution in [0.25, 0.3) is 0 Å². The maximum atomic E-state index is 12.5. The van der Waals surface area contributed by atoms with Crippen molar-refractivity contribution in [2.24, 2.45) is 0 Å². The molecule has 0 fully saturated rings. The molecule has 0 aliphatic heterocycles. The van der Waals surface area contributed by atoms with Crippen molar-refractivity contribution in [3.05, 3.63) is 71.3 Å². The van der Waals surface area contributed by atoms with E-state index in [1.54, 1.807) is 12.1 Å². The fourth-order valence-electron chi connectivity index (χ4n) is 2.31. The highest BCUT2D eigenvalue weighted by molar-refractivity contribution is 5.98. The van der Waals surface area contributed by atoms with E-state index in [1.807, 2.05) is 63.2 Å². The average Bonchev–Trinajstić information content (AvgIpc) is 2.52. The molecule has 0 saturated carbocycles. The van der Waals surface area contributed by atoms with Gasteiger partial charge in [-0.1, -0.05) is 48.0 Å². The second-order valence-electron chi connectivity index (χ2n) is 5.85. The number of hydrogen-bond acceptors (Lipinski definition) is 2. The summed E-state index contributed by atoms with van der Waals surface area (Å²) >= 11 is 0. The lowest BCUT2D eigenvalue weighted by Gasteiger charge is -2.20. The van der Waals surface area contributed by atoms with Crippen LogP contribution < -0.4 is 10.6 Å². The van der Waals surface area contributed by atoms with Crippen LogP contribution in [0.15, 0.2) is 54.6 Å². The van der Waals surface area contributed by atoms with Crippen molar-refractivity contribution in [3.63, 3.8) is 0 Å². The van der Waals surface area contributed by atoms with Crippen LogP contribution in [0.4, 0.5) is 0 Å². The van der Waals surface area contributed by atoms with Gasteiger partial charge in [0.2, 0.25) is 5.91 Å². The lowest BCUT2D eigenvalue weighted by atomic mass is 10.0. The molecule has 0 radical (unpaired) electrons. The third kappa shape index (κ3) is 4.68. The van der Waals surface area contributed by atoms with Crippen molar-refractivity contribution in [1.82, 2.24) is 10.6 Å². The molecule has 4 nitrogen and oxygen atoms in total. The van der Waals surface area contributed by atoms with E-state index in [4.69, 9.17) is 0 Å². The molecule has 0 bridgehead atoms. The third-order valence-corrected chi connectivity index (χ3v) is 3.38. The SMILES string of the molecule is Cc1cccc(C(=O)N[C@H](C(=O)NC(C)C)c2ccccc2)c1. The molecule has 2 rings (SSSR count). The van der Waals surface area contributed by atoms with E-state index in [9.17, 15) is 9.59 Å². The summed E-state index contributed by atoms with van der Waals surface area (Å²) in [5, 5.41) is 5.69. The van der Waals surface area contributed by atoms with Gasteiger partial charge in [0.25, 0.3) is 5.91 Å². The van der Waals surface area contributed by atoms with Crippen LogP contribution in [0.5, 0.6) is 0 Å². The normalized spacial score (nSPS) is 11.8. The second-order valence-corrected chi connectivity index (χ2v) is 5.85. The van der Waals surface area contributed by atoms with Gasteiger partial charge >= 0.3 is 0 Å². The Labute approximate surface area is 136 Å². The summed E-state index contributed by atoms with van der Waals surface area (Å²) in [6.45, 7) is 5.71. The highest BCUT2D eigenvalue weighted by Crippen LogP contribution is 2.15. The van der Waals surface area contributed by atoms with Gasteiger partial charge < -0.3 is 10.6 Å². The molecule has 0 spiro atoms. The van der Waals surface area contributed by atoms with Crippen molar-refractivity contribution in [3.8, 4) is 0 Å². The summed E-state index contributed by atoms with van der Waals surface area (Å²) < 4.78 is 0. The molecule has 2 aromatic rings. The molecule has 2 aromatic carbocycles. The number of carbonyl (C=O) groups is 2. The molecule has 23 heavy (non-hydrogen) atoms. The van der Waals surface area contributed by atoms with E-state index in [0.29, 0.717) is 5.56 Å². The molecule has 0 saturated heterocycles. The van der Waals surface area contributed by atoms with Gasteiger partial charge in [0.15, 0.2) is 0 Å². The van der Waals surface area contributed by atoms with Crippen LogP contribution >= 0.6 is 0 Å². The molecule has 2 amide bonds. The lowest BCUT2D eigenvalue weighted by Crippen LogP contribution is -2.42. The Kier molecular flexibility index (Phi) is 5.52. The molecule has 0 aliphatic carbocycles. The monoisotopic (exact) mass is 310 g/mol. The van der Waals surface area contributed by atoms with Crippen molar-refractivity contribution in [1.29, 1.82) is 0 Å². The second kappa shape index (κ2) is 7.58. The van der Waals surface area contributed by atoms with Gasteiger partial charge in [-0.05, 0) is 38.5 Å². The first-order chi connectivity index (χ1) is 11.0. The largest absolute Gasteiger partial charge is 0.352 e. The smallest absolute Gasteiger partial charge is 0.252 e. The first kappa shape index (κ1) is 16.7. The first-order valence-electron chi connectivity index (χ1n) is 7.70. The molecule has 120 valence electrons. The quantitative estimate of drug-likeness (QED) is 0.892. The van der Waals surface area contributed by atoms with Gasteiger partial charge in [-0.3, -0.25) is 9.59 Å². The number of rotatable bonds is 5. The van der Waals surface area contributed by atoms with Gasteiger partial charge in [-0.25, -0.2) is 0 Å². The number of benzene rings is 2. The number of carbonyl (C=O) groups excluding carboxylic acids is 2. The average molecular weight is 310 g/mol. The molecular formula is C19H22N2O2. The van der Waals surface area contributed by atoms with Crippen molar-refractivity contribution >= 4 is 11.8 Å². The minimum atomic E-state index is -0.716. The van der Waals surface area contributed by atoms with Crippen LogP contribution in [-0.2, 0) is 4.79 Å². The van der Waals surface area contributed by atoms with Crippen molar-refractivity contribution in [2.75, 3.05) is 0 Å². The molecule has 0 aromatic heterocycles. The summed E-state index contributed by atoms with van der Waals surface area (Å²) in [7, 11) is 0. The van der Waals surface area contributed by atoms with E-state index >= 15 is 0 Å². The molecule has 0 heterocycles. The van der Waals surface area contributed by atoms with Gasteiger partial charge in [0.05, 0.1) is 0 Å². The highest BCUT2D eigenvalue weighted by Gasteiger charge is 2.23. The number of aryl methyl sites for hydroxylation is 1. The van der Waals surface area contributed by atoms with Crippen LogP contribution in [0.2, 0.25) is 0 Å². The zero-order chi connectivity index (χ0) is 16.8. The van der Waals surface area contributed by atoms with Crippen LogP contribution in [0.1, 0.15) is 41.4 Å².